The Morgan fingerprint density at radius 1 is 1.38 bits per heavy atom. The third-order valence-corrected chi connectivity index (χ3v) is 3.59. The van der Waals surface area contributed by atoms with Crippen molar-refractivity contribution in [2.75, 3.05) is 13.7 Å². The topological polar surface area (TPSA) is 77.2 Å². The maximum Gasteiger partial charge on any atom is 0.226 e. The second-order valence-corrected chi connectivity index (χ2v) is 5.50. The summed E-state index contributed by atoms with van der Waals surface area (Å²) in [4.78, 5) is 16.1. The number of ether oxygens (including phenoxy) is 1. The van der Waals surface area contributed by atoms with Crippen molar-refractivity contribution in [3.63, 3.8) is 0 Å². The van der Waals surface area contributed by atoms with Crippen LogP contribution in [0.4, 0.5) is 4.39 Å². The van der Waals surface area contributed by atoms with Crippen LogP contribution >= 0.6 is 0 Å². The molecular weight excluding hydrogens is 313 g/mol. The van der Waals surface area contributed by atoms with Crippen molar-refractivity contribution in [2.45, 2.75) is 38.6 Å². The highest BCUT2D eigenvalue weighted by Crippen LogP contribution is 2.16. The number of carbonyl (C=O) groups excluding carboxylic acids is 1. The fourth-order valence-corrected chi connectivity index (χ4v) is 2.24. The molecule has 0 spiro atoms. The summed E-state index contributed by atoms with van der Waals surface area (Å²) in [6.45, 7) is 2.51. The van der Waals surface area contributed by atoms with Gasteiger partial charge in [-0.1, -0.05) is 12.1 Å². The van der Waals surface area contributed by atoms with E-state index in [0.717, 1.165) is 6.42 Å². The van der Waals surface area contributed by atoms with E-state index in [4.69, 9.17) is 9.26 Å². The van der Waals surface area contributed by atoms with E-state index in [-0.39, 0.29) is 17.8 Å². The fourth-order valence-electron chi connectivity index (χ4n) is 2.24. The molecule has 0 saturated carbocycles. The molecule has 1 unspecified atom stereocenters. The van der Waals surface area contributed by atoms with Gasteiger partial charge in [0.15, 0.2) is 0 Å². The third kappa shape index (κ3) is 5.42. The van der Waals surface area contributed by atoms with Crippen LogP contribution in [-0.2, 0) is 16.0 Å². The summed E-state index contributed by atoms with van der Waals surface area (Å²) in [6, 6.07) is 5.92. The third-order valence-electron chi connectivity index (χ3n) is 3.59. The first-order valence-corrected chi connectivity index (χ1v) is 7.99. The summed E-state index contributed by atoms with van der Waals surface area (Å²) >= 11 is 0. The highest BCUT2D eigenvalue weighted by molar-refractivity contribution is 5.76. The van der Waals surface area contributed by atoms with Crippen molar-refractivity contribution >= 4 is 5.91 Å². The fraction of sp³-hybridized carbons (Fsp3) is 0.471. The van der Waals surface area contributed by atoms with Gasteiger partial charge in [-0.2, -0.15) is 4.98 Å². The first-order valence-electron chi connectivity index (χ1n) is 7.99. The van der Waals surface area contributed by atoms with Gasteiger partial charge in [0.05, 0.1) is 12.6 Å². The van der Waals surface area contributed by atoms with Gasteiger partial charge in [0, 0.05) is 25.5 Å². The molecule has 1 aromatic carbocycles. The van der Waals surface area contributed by atoms with Crippen LogP contribution in [0.25, 0.3) is 11.4 Å². The lowest BCUT2D eigenvalue weighted by Crippen LogP contribution is -2.37. The Morgan fingerprint density at radius 2 is 2.12 bits per heavy atom. The quantitative estimate of drug-likeness (QED) is 0.762. The molecule has 1 amide bonds. The predicted octanol–water partition coefficient (Wildman–Crippen LogP) is 2.74. The maximum atomic E-state index is 12.9. The molecule has 0 bridgehead atoms. The normalized spacial score (nSPS) is 12.1. The molecule has 1 heterocycles. The first kappa shape index (κ1) is 18.1. The molecule has 130 valence electrons. The molecule has 0 radical (unpaired) electrons. The average molecular weight is 335 g/mol. The van der Waals surface area contributed by atoms with E-state index >= 15 is 0 Å². The molecule has 1 aromatic heterocycles. The summed E-state index contributed by atoms with van der Waals surface area (Å²) in [5.41, 5.74) is 0.689. The SMILES string of the molecule is CCC(COC)NC(=O)CCCc1nc(-c2ccc(F)cc2)no1. The van der Waals surface area contributed by atoms with E-state index in [1.165, 1.54) is 12.1 Å². The van der Waals surface area contributed by atoms with Gasteiger partial charge in [-0.25, -0.2) is 4.39 Å². The van der Waals surface area contributed by atoms with E-state index < -0.39 is 0 Å². The van der Waals surface area contributed by atoms with Crippen molar-refractivity contribution in [3.05, 3.63) is 36.0 Å². The Kier molecular flexibility index (Phi) is 6.87. The van der Waals surface area contributed by atoms with Crippen molar-refractivity contribution in [2.24, 2.45) is 0 Å². The van der Waals surface area contributed by atoms with Gasteiger partial charge in [-0.3, -0.25) is 4.79 Å². The predicted molar refractivity (Wildman–Crippen MR) is 86.7 cm³/mol. The second kappa shape index (κ2) is 9.12. The molecule has 0 fully saturated rings. The van der Waals surface area contributed by atoms with Crippen LogP contribution in [0.2, 0.25) is 0 Å². The molecule has 0 aliphatic carbocycles. The Hall–Kier alpha value is -2.28. The molecule has 24 heavy (non-hydrogen) atoms. The van der Waals surface area contributed by atoms with Crippen LogP contribution in [0.15, 0.2) is 28.8 Å². The molecule has 2 aromatic rings. The number of amides is 1. The highest BCUT2D eigenvalue weighted by Gasteiger charge is 2.12. The number of carbonyl (C=O) groups is 1. The average Bonchev–Trinajstić information content (AvgIpc) is 3.04. The van der Waals surface area contributed by atoms with Crippen LogP contribution in [0, 0.1) is 5.82 Å². The van der Waals surface area contributed by atoms with Gasteiger partial charge in [-0.15, -0.1) is 0 Å². The lowest BCUT2D eigenvalue weighted by atomic mass is 10.2. The summed E-state index contributed by atoms with van der Waals surface area (Å²) in [5, 5.41) is 6.80. The monoisotopic (exact) mass is 335 g/mol. The van der Waals surface area contributed by atoms with E-state index in [1.807, 2.05) is 6.92 Å². The zero-order valence-corrected chi connectivity index (χ0v) is 13.9. The number of methoxy groups -OCH3 is 1. The van der Waals surface area contributed by atoms with Crippen LogP contribution in [0.5, 0.6) is 0 Å². The lowest BCUT2D eigenvalue weighted by Gasteiger charge is -2.15. The van der Waals surface area contributed by atoms with Crippen molar-refractivity contribution in [1.82, 2.24) is 15.5 Å². The van der Waals surface area contributed by atoms with Crippen LogP contribution in [0.1, 0.15) is 32.1 Å². The first-order chi connectivity index (χ1) is 11.6. The Balaban J connectivity index is 1.79. The summed E-state index contributed by atoms with van der Waals surface area (Å²) < 4.78 is 23.1. The standard InChI is InChI=1S/C17H22FN3O3/c1-3-14(11-23-2)19-15(22)5-4-6-16-20-17(21-24-16)12-7-9-13(18)10-8-12/h7-10,14H,3-6,11H2,1-2H3,(H,19,22). The number of rotatable bonds is 9. The van der Waals surface area contributed by atoms with E-state index in [2.05, 4.69) is 15.5 Å². The number of aromatic nitrogens is 2. The minimum absolute atomic E-state index is 0.0165. The molecule has 1 N–H and O–H groups in total. The van der Waals surface area contributed by atoms with Crippen molar-refractivity contribution in [1.29, 1.82) is 0 Å². The number of nitrogens with one attached hydrogen (secondary N) is 1. The highest BCUT2D eigenvalue weighted by atomic mass is 19.1. The summed E-state index contributed by atoms with van der Waals surface area (Å²) in [7, 11) is 1.61. The van der Waals surface area contributed by atoms with Crippen molar-refractivity contribution in [3.8, 4) is 11.4 Å². The molecule has 6 nitrogen and oxygen atoms in total. The zero-order chi connectivity index (χ0) is 17.4. The Labute approximate surface area is 140 Å². The summed E-state index contributed by atoms with van der Waals surface area (Å²) in [6.07, 6.45) is 2.34. The number of hydrogen-bond acceptors (Lipinski definition) is 5. The number of nitrogens with zero attached hydrogens (tertiary/aromatic N) is 2. The smallest absolute Gasteiger partial charge is 0.226 e. The van der Waals surface area contributed by atoms with Crippen LogP contribution < -0.4 is 5.32 Å². The zero-order valence-electron chi connectivity index (χ0n) is 13.9. The van der Waals surface area contributed by atoms with E-state index in [1.54, 1.807) is 19.2 Å². The van der Waals surface area contributed by atoms with Gasteiger partial charge < -0.3 is 14.6 Å². The van der Waals surface area contributed by atoms with E-state index in [9.17, 15) is 9.18 Å². The number of halogens is 1. The molecule has 7 heteroatoms. The summed E-state index contributed by atoms with van der Waals surface area (Å²) in [5.74, 6) is 0.552. The van der Waals surface area contributed by atoms with E-state index in [0.29, 0.717) is 43.1 Å². The minimum Gasteiger partial charge on any atom is -0.383 e. The van der Waals surface area contributed by atoms with Gasteiger partial charge in [0.25, 0.3) is 0 Å². The lowest BCUT2D eigenvalue weighted by molar-refractivity contribution is -0.122. The number of aryl methyl sites for hydroxylation is 1. The van der Waals surface area contributed by atoms with Crippen LogP contribution in [-0.4, -0.2) is 35.8 Å². The maximum absolute atomic E-state index is 12.9. The number of benzene rings is 1. The minimum atomic E-state index is -0.313. The van der Waals surface area contributed by atoms with Crippen molar-refractivity contribution < 1.29 is 18.4 Å². The van der Waals surface area contributed by atoms with Crippen LogP contribution in [0.3, 0.4) is 0 Å². The molecule has 2 rings (SSSR count). The van der Waals surface area contributed by atoms with Gasteiger partial charge in [0.2, 0.25) is 17.6 Å². The van der Waals surface area contributed by atoms with Gasteiger partial charge in [0.1, 0.15) is 5.82 Å². The van der Waals surface area contributed by atoms with Gasteiger partial charge in [-0.05, 0) is 37.1 Å². The number of hydrogen-bond donors (Lipinski definition) is 1. The molecule has 0 saturated heterocycles. The molecule has 1 atom stereocenters. The molecular formula is C17H22FN3O3. The van der Waals surface area contributed by atoms with Gasteiger partial charge >= 0.3 is 0 Å². The largest absolute Gasteiger partial charge is 0.383 e. The second-order valence-electron chi connectivity index (χ2n) is 5.50. The Morgan fingerprint density at radius 3 is 2.79 bits per heavy atom. The Bertz CT molecular complexity index is 643. The molecule has 0 aliphatic rings. The molecule has 0 aliphatic heterocycles.